The monoisotopic (exact) mass is 317 g/mol. The van der Waals surface area contributed by atoms with Gasteiger partial charge in [0.25, 0.3) is 0 Å². The zero-order chi connectivity index (χ0) is 15.2. The highest BCUT2D eigenvalue weighted by Crippen LogP contribution is 2.11. The number of hydrogen-bond acceptors (Lipinski definition) is 3. The van der Waals surface area contributed by atoms with Crippen molar-refractivity contribution < 1.29 is 13.5 Å². The maximum absolute atomic E-state index is 11.9. The molecule has 0 radical (unpaired) electrons. The van der Waals surface area contributed by atoms with E-state index in [1.165, 1.54) is 6.08 Å². The van der Waals surface area contributed by atoms with Crippen molar-refractivity contribution in [3.63, 3.8) is 0 Å². The molecule has 1 unspecified atom stereocenters. The Bertz CT molecular complexity index is 538. The van der Waals surface area contributed by atoms with Crippen LogP contribution in [0.4, 0.5) is 0 Å². The van der Waals surface area contributed by atoms with E-state index in [1.807, 2.05) is 13.8 Å². The summed E-state index contributed by atoms with van der Waals surface area (Å²) in [6.45, 7) is 3.73. The molecule has 0 spiro atoms. The van der Waals surface area contributed by atoms with Gasteiger partial charge in [-0.1, -0.05) is 37.6 Å². The van der Waals surface area contributed by atoms with Crippen LogP contribution in [0.1, 0.15) is 25.8 Å². The molecule has 1 aromatic carbocycles. The Balaban J connectivity index is 2.71. The van der Waals surface area contributed by atoms with Gasteiger partial charge in [-0.3, -0.25) is 0 Å². The van der Waals surface area contributed by atoms with Crippen LogP contribution in [0, 0.1) is 5.92 Å². The lowest BCUT2D eigenvalue weighted by atomic mass is 10.1. The second-order valence-electron chi connectivity index (χ2n) is 5.03. The number of aliphatic hydroxyl groups excluding tert-OH is 1. The highest BCUT2D eigenvalue weighted by molar-refractivity contribution is 7.92. The predicted octanol–water partition coefficient (Wildman–Crippen LogP) is 2.64. The van der Waals surface area contributed by atoms with E-state index in [1.54, 1.807) is 24.3 Å². The summed E-state index contributed by atoms with van der Waals surface area (Å²) in [6.07, 6.45) is 2.08. The van der Waals surface area contributed by atoms with E-state index >= 15 is 0 Å². The molecule has 0 aliphatic rings. The van der Waals surface area contributed by atoms with E-state index < -0.39 is 16.1 Å². The molecule has 20 heavy (non-hydrogen) atoms. The quantitative estimate of drug-likeness (QED) is 0.812. The smallest absolute Gasteiger partial charge is 0.234 e. The molecule has 1 rings (SSSR count). The van der Waals surface area contributed by atoms with Crippen LogP contribution in [-0.2, 0) is 10.0 Å². The SMILES string of the molecule is CC(C)CC(CO)NS(=O)(=O)/C=C/c1ccc(Cl)cc1. The molecule has 1 aromatic rings. The summed E-state index contributed by atoms with van der Waals surface area (Å²) >= 11 is 5.76. The Labute approximate surface area is 125 Å². The molecule has 0 heterocycles. The van der Waals surface area contributed by atoms with Gasteiger partial charge in [0.2, 0.25) is 10.0 Å². The maximum Gasteiger partial charge on any atom is 0.234 e. The van der Waals surface area contributed by atoms with Crippen LogP contribution >= 0.6 is 11.6 Å². The molecule has 0 saturated carbocycles. The number of sulfonamides is 1. The third-order valence-electron chi connectivity index (χ3n) is 2.62. The first-order chi connectivity index (χ1) is 9.32. The van der Waals surface area contributed by atoms with Gasteiger partial charge in [-0.25, -0.2) is 13.1 Å². The van der Waals surface area contributed by atoms with Gasteiger partial charge in [0.05, 0.1) is 6.61 Å². The Morgan fingerprint density at radius 3 is 2.40 bits per heavy atom. The fourth-order valence-corrected chi connectivity index (χ4v) is 2.92. The minimum Gasteiger partial charge on any atom is -0.395 e. The topological polar surface area (TPSA) is 66.4 Å². The van der Waals surface area contributed by atoms with Crippen molar-refractivity contribution in [1.29, 1.82) is 0 Å². The Morgan fingerprint density at radius 2 is 1.90 bits per heavy atom. The van der Waals surface area contributed by atoms with Crippen molar-refractivity contribution >= 4 is 27.7 Å². The van der Waals surface area contributed by atoms with E-state index in [2.05, 4.69) is 4.72 Å². The molecular formula is C14H20ClNO3S. The van der Waals surface area contributed by atoms with Crippen molar-refractivity contribution in [2.75, 3.05) is 6.61 Å². The second-order valence-corrected chi connectivity index (χ2v) is 7.06. The number of halogens is 1. The lowest BCUT2D eigenvalue weighted by Crippen LogP contribution is -2.37. The van der Waals surface area contributed by atoms with E-state index in [-0.39, 0.29) is 6.61 Å². The number of benzene rings is 1. The van der Waals surface area contributed by atoms with Gasteiger partial charge in [0.1, 0.15) is 0 Å². The number of rotatable bonds is 7. The first kappa shape index (κ1) is 17.2. The van der Waals surface area contributed by atoms with Crippen LogP contribution in [0.25, 0.3) is 6.08 Å². The molecule has 112 valence electrons. The van der Waals surface area contributed by atoms with Crippen molar-refractivity contribution in [1.82, 2.24) is 4.72 Å². The highest BCUT2D eigenvalue weighted by atomic mass is 35.5. The molecule has 0 bridgehead atoms. The number of hydrogen-bond donors (Lipinski definition) is 2. The summed E-state index contributed by atoms with van der Waals surface area (Å²) in [5, 5.41) is 10.9. The number of nitrogens with one attached hydrogen (secondary N) is 1. The highest BCUT2D eigenvalue weighted by Gasteiger charge is 2.15. The van der Waals surface area contributed by atoms with Crippen molar-refractivity contribution in [2.45, 2.75) is 26.3 Å². The number of aliphatic hydroxyl groups is 1. The van der Waals surface area contributed by atoms with Gasteiger partial charge >= 0.3 is 0 Å². The van der Waals surface area contributed by atoms with Crippen LogP contribution < -0.4 is 4.72 Å². The largest absolute Gasteiger partial charge is 0.395 e. The van der Waals surface area contributed by atoms with Crippen LogP contribution in [0.3, 0.4) is 0 Å². The van der Waals surface area contributed by atoms with Crippen LogP contribution in [-0.4, -0.2) is 26.2 Å². The van der Waals surface area contributed by atoms with Crippen molar-refractivity contribution in [3.8, 4) is 0 Å². The Kier molecular flexibility index (Phi) is 6.68. The standard InChI is InChI=1S/C14H20ClNO3S/c1-11(2)9-14(10-17)16-20(18,19)8-7-12-3-5-13(15)6-4-12/h3-8,11,14,16-17H,9-10H2,1-2H3/b8-7+. The van der Waals surface area contributed by atoms with Gasteiger partial charge in [-0.05, 0) is 36.1 Å². The summed E-state index contributed by atoms with van der Waals surface area (Å²) in [5.41, 5.74) is 0.740. The van der Waals surface area contributed by atoms with E-state index in [9.17, 15) is 13.5 Å². The molecule has 0 saturated heterocycles. The fourth-order valence-electron chi connectivity index (χ4n) is 1.74. The van der Waals surface area contributed by atoms with Gasteiger partial charge < -0.3 is 5.11 Å². The van der Waals surface area contributed by atoms with E-state index in [0.29, 0.717) is 17.4 Å². The fraction of sp³-hybridized carbons (Fsp3) is 0.429. The van der Waals surface area contributed by atoms with Gasteiger partial charge in [-0.15, -0.1) is 0 Å². The average Bonchev–Trinajstić information content (AvgIpc) is 2.36. The molecule has 1 atom stereocenters. The zero-order valence-corrected chi connectivity index (χ0v) is 13.2. The first-order valence-electron chi connectivity index (χ1n) is 6.39. The van der Waals surface area contributed by atoms with Crippen LogP contribution in [0.5, 0.6) is 0 Å². The summed E-state index contributed by atoms with van der Waals surface area (Å²) in [6, 6.07) is 6.38. The molecule has 0 aliphatic carbocycles. The lowest BCUT2D eigenvalue weighted by Gasteiger charge is -2.16. The molecule has 0 fully saturated rings. The van der Waals surface area contributed by atoms with Crippen molar-refractivity contribution in [3.05, 3.63) is 40.3 Å². The third kappa shape index (κ3) is 6.52. The molecule has 0 aliphatic heterocycles. The predicted molar refractivity (Wildman–Crippen MR) is 82.9 cm³/mol. The van der Waals surface area contributed by atoms with Gasteiger partial charge in [-0.2, -0.15) is 0 Å². The van der Waals surface area contributed by atoms with E-state index in [0.717, 1.165) is 11.0 Å². The summed E-state index contributed by atoms with van der Waals surface area (Å²) in [5.74, 6) is 0.301. The minimum absolute atomic E-state index is 0.216. The van der Waals surface area contributed by atoms with Crippen molar-refractivity contribution in [2.24, 2.45) is 5.92 Å². The summed E-state index contributed by atoms with van der Waals surface area (Å²) in [7, 11) is -3.57. The third-order valence-corrected chi connectivity index (χ3v) is 4.03. The summed E-state index contributed by atoms with van der Waals surface area (Å²) < 4.78 is 26.2. The molecule has 2 N–H and O–H groups in total. The average molecular weight is 318 g/mol. The molecule has 6 heteroatoms. The van der Waals surface area contributed by atoms with Gasteiger partial charge in [0.15, 0.2) is 0 Å². The van der Waals surface area contributed by atoms with Gasteiger partial charge in [0, 0.05) is 16.5 Å². The zero-order valence-electron chi connectivity index (χ0n) is 11.6. The lowest BCUT2D eigenvalue weighted by molar-refractivity contribution is 0.240. The van der Waals surface area contributed by atoms with Crippen LogP contribution in [0.15, 0.2) is 29.7 Å². The molecular weight excluding hydrogens is 298 g/mol. The molecule has 4 nitrogen and oxygen atoms in total. The Morgan fingerprint density at radius 1 is 1.30 bits per heavy atom. The maximum atomic E-state index is 11.9. The normalized spacial score (nSPS) is 14.1. The van der Waals surface area contributed by atoms with Crippen LogP contribution in [0.2, 0.25) is 5.02 Å². The second kappa shape index (κ2) is 7.78. The molecule has 0 amide bonds. The first-order valence-corrected chi connectivity index (χ1v) is 8.31. The van der Waals surface area contributed by atoms with E-state index in [4.69, 9.17) is 11.6 Å². The Hall–Kier alpha value is -0.880. The molecule has 0 aromatic heterocycles. The summed E-state index contributed by atoms with van der Waals surface area (Å²) in [4.78, 5) is 0. The minimum atomic E-state index is -3.57.